The van der Waals surface area contributed by atoms with E-state index in [1.807, 2.05) is 31.7 Å². The van der Waals surface area contributed by atoms with E-state index in [0.29, 0.717) is 0 Å². The number of anilines is 2. The average molecular weight is 341 g/mol. The number of nitrogens with zero attached hydrogens (tertiary/aromatic N) is 2. The van der Waals surface area contributed by atoms with Gasteiger partial charge in [0, 0.05) is 59.9 Å². The number of nitrogens with one attached hydrogen (secondary N) is 3. The first-order valence-corrected chi connectivity index (χ1v) is 8.80. The Balaban J connectivity index is 1.60. The molecule has 26 heavy (non-hydrogen) atoms. The molecular formula is C21H19N5. The SMILES string of the molecule is CNc1ccc(-c2cnc3[nH]cc(-c4ccc5c(c4)CCN5)c3c2)cn1. The van der Waals surface area contributed by atoms with Crippen LogP contribution in [0.25, 0.3) is 33.3 Å². The number of hydrogen-bond acceptors (Lipinski definition) is 4. The molecule has 1 aromatic carbocycles. The highest BCUT2D eigenvalue weighted by atomic mass is 14.9. The predicted octanol–water partition coefficient (Wildman–Crippen LogP) is 4.30. The summed E-state index contributed by atoms with van der Waals surface area (Å²) in [5.41, 5.74) is 8.07. The summed E-state index contributed by atoms with van der Waals surface area (Å²) in [4.78, 5) is 12.3. The Morgan fingerprint density at radius 1 is 0.962 bits per heavy atom. The molecule has 0 saturated carbocycles. The van der Waals surface area contributed by atoms with E-state index in [-0.39, 0.29) is 0 Å². The minimum absolute atomic E-state index is 0.858. The topological polar surface area (TPSA) is 65.6 Å². The van der Waals surface area contributed by atoms with Crippen molar-refractivity contribution in [3.05, 3.63) is 60.6 Å². The highest BCUT2D eigenvalue weighted by Crippen LogP contribution is 2.34. The third-order valence-corrected chi connectivity index (χ3v) is 5.01. The quantitative estimate of drug-likeness (QED) is 0.520. The average Bonchev–Trinajstić information content (AvgIpc) is 3.33. The Kier molecular flexibility index (Phi) is 3.38. The van der Waals surface area contributed by atoms with Gasteiger partial charge in [-0.15, -0.1) is 0 Å². The third-order valence-electron chi connectivity index (χ3n) is 5.01. The van der Waals surface area contributed by atoms with Crippen molar-refractivity contribution in [3.63, 3.8) is 0 Å². The number of hydrogen-bond donors (Lipinski definition) is 3. The molecule has 0 unspecified atom stereocenters. The summed E-state index contributed by atoms with van der Waals surface area (Å²) in [5.74, 6) is 0.858. The number of fused-ring (bicyclic) bond motifs is 2. The van der Waals surface area contributed by atoms with Crippen LogP contribution in [0.4, 0.5) is 11.5 Å². The first-order chi connectivity index (χ1) is 12.8. The van der Waals surface area contributed by atoms with Crippen LogP contribution in [0.1, 0.15) is 5.56 Å². The molecule has 5 nitrogen and oxygen atoms in total. The number of aromatic amines is 1. The molecule has 0 fully saturated rings. The van der Waals surface area contributed by atoms with Crippen LogP contribution >= 0.6 is 0 Å². The summed E-state index contributed by atoms with van der Waals surface area (Å²) >= 11 is 0. The van der Waals surface area contributed by atoms with E-state index in [0.717, 1.165) is 40.9 Å². The fourth-order valence-corrected chi connectivity index (χ4v) is 3.58. The monoisotopic (exact) mass is 341 g/mol. The van der Waals surface area contributed by atoms with Crippen molar-refractivity contribution in [1.29, 1.82) is 0 Å². The van der Waals surface area contributed by atoms with Gasteiger partial charge in [0.25, 0.3) is 0 Å². The zero-order chi connectivity index (χ0) is 17.5. The van der Waals surface area contributed by atoms with E-state index in [4.69, 9.17) is 0 Å². The van der Waals surface area contributed by atoms with E-state index in [1.165, 1.54) is 22.4 Å². The largest absolute Gasteiger partial charge is 0.384 e. The molecule has 4 aromatic rings. The number of aromatic nitrogens is 3. The second kappa shape index (κ2) is 5.88. The van der Waals surface area contributed by atoms with Gasteiger partial charge in [-0.2, -0.15) is 0 Å². The Hall–Kier alpha value is -3.34. The lowest BCUT2D eigenvalue weighted by atomic mass is 10.0. The lowest BCUT2D eigenvalue weighted by Gasteiger charge is -2.06. The van der Waals surface area contributed by atoms with Gasteiger partial charge in [-0.05, 0) is 47.9 Å². The van der Waals surface area contributed by atoms with Crippen LogP contribution in [0.15, 0.2) is 55.0 Å². The molecule has 3 aromatic heterocycles. The summed E-state index contributed by atoms with van der Waals surface area (Å²) in [6, 6.07) is 12.9. The number of rotatable bonds is 3. The molecule has 1 aliphatic heterocycles. The van der Waals surface area contributed by atoms with Crippen molar-refractivity contribution in [2.75, 3.05) is 24.2 Å². The first-order valence-electron chi connectivity index (χ1n) is 8.80. The molecule has 5 heteroatoms. The van der Waals surface area contributed by atoms with E-state index < -0.39 is 0 Å². The molecule has 0 atom stereocenters. The van der Waals surface area contributed by atoms with E-state index >= 15 is 0 Å². The summed E-state index contributed by atoms with van der Waals surface area (Å²) in [5, 5.41) is 7.59. The third kappa shape index (κ3) is 2.40. The van der Waals surface area contributed by atoms with Crippen molar-refractivity contribution >= 4 is 22.5 Å². The van der Waals surface area contributed by atoms with E-state index in [1.54, 1.807) is 0 Å². The van der Waals surface area contributed by atoms with Crippen LogP contribution in [-0.2, 0) is 6.42 Å². The molecule has 0 spiro atoms. The molecule has 0 saturated heterocycles. The highest BCUT2D eigenvalue weighted by Gasteiger charge is 2.14. The second-order valence-electron chi connectivity index (χ2n) is 6.55. The molecule has 3 N–H and O–H groups in total. The number of benzene rings is 1. The molecule has 0 bridgehead atoms. The maximum Gasteiger partial charge on any atom is 0.137 e. The van der Waals surface area contributed by atoms with Crippen LogP contribution in [0.5, 0.6) is 0 Å². The zero-order valence-corrected chi connectivity index (χ0v) is 14.5. The van der Waals surface area contributed by atoms with E-state index in [9.17, 15) is 0 Å². The molecule has 0 amide bonds. The Morgan fingerprint density at radius 3 is 2.69 bits per heavy atom. The van der Waals surface area contributed by atoms with Gasteiger partial charge in [-0.25, -0.2) is 9.97 Å². The standard InChI is InChI=1S/C21H19N5/c1-22-20-5-3-15(10-24-20)16-9-17-18(12-26-21(17)25-11-16)13-2-4-19-14(8-13)6-7-23-19/h2-5,8-12,23H,6-7H2,1H3,(H,22,24)(H,25,26). The minimum Gasteiger partial charge on any atom is -0.384 e. The lowest BCUT2D eigenvalue weighted by molar-refractivity contribution is 1.11. The van der Waals surface area contributed by atoms with Crippen LogP contribution < -0.4 is 10.6 Å². The molecule has 0 aliphatic carbocycles. The molecule has 128 valence electrons. The first kappa shape index (κ1) is 15.0. The Morgan fingerprint density at radius 2 is 1.85 bits per heavy atom. The van der Waals surface area contributed by atoms with Crippen molar-refractivity contribution in [3.8, 4) is 22.3 Å². The van der Waals surface area contributed by atoms with E-state index in [2.05, 4.69) is 55.9 Å². The molecule has 5 rings (SSSR count). The molecule has 4 heterocycles. The van der Waals surface area contributed by atoms with Gasteiger partial charge < -0.3 is 15.6 Å². The second-order valence-corrected chi connectivity index (χ2v) is 6.55. The summed E-state index contributed by atoms with van der Waals surface area (Å²) in [6.07, 6.45) is 6.90. The van der Waals surface area contributed by atoms with Gasteiger partial charge in [0.15, 0.2) is 0 Å². The lowest BCUT2D eigenvalue weighted by Crippen LogP contribution is -1.91. The van der Waals surface area contributed by atoms with Crippen molar-refractivity contribution < 1.29 is 0 Å². The summed E-state index contributed by atoms with van der Waals surface area (Å²) in [7, 11) is 1.87. The maximum atomic E-state index is 4.61. The van der Waals surface area contributed by atoms with Gasteiger partial charge in [0.2, 0.25) is 0 Å². The summed E-state index contributed by atoms with van der Waals surface area (Å²) < 4.78 is 0. The fourth-order valence-electron chi connectivity index (χ4n) is 3.58. The summed E-state index contributed by atoms with van der Waals surface area (Å²) in [6.45, 7) is 1.02. The Bertz CT molecular complexity index is 1100. The van der Waals surface area contributed by atoms with Crippen LogP contribution in [0.2, 0.25) is 0 Å². The van der Waals surface area contributed by atoms with Gasteiger partial charge in [0.1, 0.15) is 11.5 Å². The zero-order valence-electron chi connectivity index (χ0n) is 14.5. The Labute approximate surface area is 151 Å². The van der Waals surface area contributed by atoms with Crippen LogP contribution in [0.3, 0.4) is 0 Å². The normalized spacial score (nSPS) is 12.8. The van der Waals surface area contributed by atoms with Gasteiger partial charge >= 0.3 is 0 Å². The van der Waals surface area contributed by atoms with Gasteiger partial charge in [-0.3, -0.25) is 0 Å². The molecule has 1 aliphatic rings. The smallest absolute Gasteiger partial charge is 0.137 e. The minimum atomic E-state index is 0.858. The number of H-pyrrole nitrogens is 1. The fraction of sp³-hybridized carbons (Fsp3) is 0.143. The van der Waals surface area contributed by atoms with Gasteiger partial charge in [-0.1, -0.05) is 6.07 Å². The maximum absolute atomic E-state index is 4.61. The van der Waals surface area contributed by atoms with Crippen molar-refractivity contribution in [1.82, 2.24) is 15.0 Å². The van der Waals surface area contributed by atoms with Crippen LogP contribution in [0, 0.1) is 0 Å². The van der Waals surface area contributed by atoms with Crippen LogP contribution in [-0.4, -0.2) is 28.5 Å². The van der Waals surface area contributed by atoms with Crippen molar-refractivity contribution in [2.45, 2.75) is 6.42 Å². The highest BCUT2D eigenvalue weighted by molar-refractivity contribution is 5.96. The predicted molar refractivity (Wildman–Crippen MR) is 107 cm³/mol. The van der Waals surface area contributed by atoms with Crippen molar-refractivity contribution in [2.24, 2.45) is 0 Å². The van der Waals surface area contributed by atoms with Gasteiger partial charge in [0.05, 0.1) is 0 Å². The number of pyridine rings is 2. The molecule has 0 radical (unpaired) electrons. The molecular weight excluding hydrogens is 322 g/mol.